The molecule has 132 valence electrons. The van der Waals surface area contributed by atoms with Crippen LogP contribution in [0.25, 0.3) is 0 Å². The average molecular weight is 366 g/mol. The van der Waals surface area contributed by atoms with E-state index in [4.69, 9.17) is 16.3 Å². The molecule has 0 unspecified atom stereocenters. The van der Waals surface area contributed by atoms with E-state index in [1.807, 2.05) is 60.7 Å². The average Bonchev–Trinajstić information content (AvgIpc) is 2.67. The Bertz CT molecular complexity index is 851. The number of ether oxygens (including phenoxy) is 1. The van der Waals surface area contributed by atoms with Gasteiger partial charge in [0.2, 0.25) is 5.91 Å². The molecule has 4 heteroatoms. The lowest BCUT2D eigenvalue weighted by Crippen LogP contribution is -2.13. The Morgan fingerprint density at radius 1 is 0.885 bits per heavy atom. The van der Waals surface area contributed by atoms with Gasteiger partial charge in [-0.1, -0.05) is 72.3 Å². The van der Waals surface area contributed by atoms with Crippen molar-refractivity contribution in [2.75, 3.05) is 5.32 Å². The number of carbonyl (C=O) groups excluding carboxylic acids is 1. The topological polar surface area (TPSA) is 38.3 Å². The number of hydrogen-bond donors (Lipinski definition) is 1. The summed E-state index contributed by atoms with van der Waals surface area (Å²) in [5.74, 6) is 0.534. The molecule has 0 radical (unpaired) electrons. The lowest BCUT2D eigenvalue weighted by molar-refractivity contribution is -0.116. The van der Waals surface area contributed by atoms with E-state index in [2.05, 4.69) is 5.32 Å². The predicted octanol–water partition coefficient (Wildman–Crippen LogP) is 5.49. The van der Waals surface area contributed by atoms with E-state index in [1.165, 1.54) is 0 Å². The molecule has 0 aliphatic rings. The predicted molar refractivity (Wildman–Crippen MR) is 106 cm³/mol. The number of benzene rings is 3. The number of rotatable bonds is 7. The third kappa shape index (κ3) is 5.36. The molecule has 1 N–H and O–H groups in total. The van der Waals surface area contributed by atoms with E-state index < -0.39 is 0 Å². The van der Waals surface area contributed by atoms with Gasteiger partial charge >= 0.3 is 0 Å². The maximum absolute atomic E-state index is 12.3. The lowest BCUT2D eigenvalue weighted by atomic mass is 10.1. The minimum Gasteiger partial charge on any atom is -0.487 e. The lowest BCUT2D eigenvalue weighted by Gasteiger charge is -2.13. The van der Waals surface area contributed by atoms with Gasteiger partial charge in [-0.3, -0.25) is 4.79 Å². The Balaban J connectivity index is 1.62. The highest BCUT2D eigenvalue weighted by molar-refractivity contribution is 6.31. The van der Waals surface area contributed by atoms with Crippen molar-refractivity contribution in [2.45, 2.75) is 19.4 Å². The van der Waals surface area contributed by atoms with Crippen molar-refractivity contribution in [2.24, 2.45) is 0 Å². The van der Waals surface area contributed by atoms with Crippen LogP contribution < -0.4 is 10.1 Å². The molecule has 0 heterocycles. The van der Waals surface area contributed by atoms with Gasteiger partial charge in [-0.05, 0) is 35.7 Å². The maximum atomic E-state index is 12.3. The highest BCUT2D eigenvalue weighted by atomic mass is 35.5. The number of hydrogen-bond acceptors (Lipinski definition) is 2. The summed E-state index contributed by atoms with van der Waals surface area (Å²) in [4.78, 5) is 12.3. The minimum atomic E-state index is -0.0688. The van der Waals surface area contributed by atoms with E-state index in [0.29, 0.717) is 35.9 Å². The van der Waals surface area contributed by atoms with Crippen molar-refractivity contribution in [3.63, 3.8) is 0 Å². The van der Waals surface area contributed by atoms with Crippen LogP contribution in [0.5, 0.6) is 5.75 Å². The Morgan fingerprint density at radius 2 is 1.54 bits per heavy atom. The first-order chi connectivity index (χ1) is 12.7. The van der Waals surface area contributed by atoms with Crippen LogP contribution in [0, 0.1) is 0 Å². The first-order valence-electron chi connectivity index (χ1n) is 8.51. The van der Waals surface area contributed by atoms with Crippen LogP contribution in [0.3, 0.4) is 0 Å². The second-order valence-electron chi connectivity index (χ2n) is 5.95. The Morgan fingerprint density at radius 3 is 2.23 bits per heavy atom. The molecule has 3 aromatic carbocycles. The summed E-state index contributed by atoms with van der Waals surface area (Å²) >= 11 is 6.08. The summed E-state index contributed by atoms with van der Waals surface area (Å²) in [7, 11) is 0. The van der Waals surface area contributed by atoms with Crippen LogP contribution in [-0.4, -0.2) is 5.91 Å². The van der Waals surface area contributed by atoms with Gasteiger partial charge in [0.1, 0.15) is 12.4 Å². The first-order valence-corrected chi connectivity index (χ1v) is 8.88. The second kappa shape index (κ2) is 9.07. The minimum absolute atomic E-state index is 0.0688. The van der Waals surface area contributed by atoms with Crippen molar-refractivity contribution in [1.82, 2.24) is 0 Å². The van der Waals surface area contributed by atoms with Crippen LogP contribution in [-0.2, 0) is 17.8 Å². The number of anilines is 1. The SMILES string of the molecule is O=C(CCc1ccccc1)Nc1cc(Cl)ccc1OCc1ccccc1. The molecular weight excluding hydrogens is 346 g/mol. The van der Waals surface area contributed by atoms with E-state index in [0.717, 1.165) is 11.1 Å². The van der Waals surface area contributed by atoms with Crippen LogP contribution in [0.15, 0.2) is 78.9 Å². The Hall–Kier alpha value is -2.78. The van der Waals surface area contributed by atoms with Gasteiger partial charge < -0.3 is 10.1 Å². The molecule has 0 aliphatic heterocycles. The molecule has 0 spiro atoms. The van der Waals surface area contributed by atoms with Gasteiger partial charge in [0.05, 0.1) is 5.69 Å². The van der Waals surface area contributed by atoms with Gasteiger partial charge in [0.25, 0.3) is 0 Å². The molecule has 0 fully saturated rings. The van der Waals surface area contributed by atoms with E-state index in [9.17, 15) is 4.79 Å². The largest absolute Gasteiger partial charge is 0.487 e. The third-order valence-corrected chi connectivity index (χ3v) is 4.17. The third-order valence-electron chi connectivity index (χ3n) is 3.94. The van der Waals surface area contributed by atoms with Gasteiger partial charge in [0.15, 0.2) is 0 Å². The van der Waals surface area contributed by atoms with Gasteiger partial charge in [-0.25, -0.2) is 0 Å². The summed E-state index contributed by atoms with van der Waals surface area (Å²) < 4.78 is 5.87. The summed E-state index contributed by atoms with van der Waals surface area (Å²) in [5, 5.41) is 3.46. The van der Waals surface area contributed by atoms with Crippen LogP contribution in [0.2, 0.25) is 5.02 Å². The Labute approximate surface area is 158 Å². The summed E-state index contributed by atoms with van der Waals surface area (Å²) in [6, 6.07) is 25.1. The summed E-state index contributed by atoms with van der Waals surface area (Å²) in [6.45, 7) is 0.426. The first kappa shape index (κ1) is 18.0. The van der Waals surface area contributed by atoms with Crippen molar-refractivity contribution in [3.8, 4) is 5.75 Å². The number of nitrogens with one attached hydrogen (secondary N) is 1. The zero-order chi connectivity index (χ0) is 18.2. The van der Waals surface area contributed by atoms with Crippen molar-refractivity contribution >= 4 is 23.2 Å². The molecule has 0 atom stereocenters. The second-order valence-corrected chi connectivity index (χ2v) is 6.38. The van der Waals surface area contributed by atoms with Gasteiger partial charge in [0, 0.05) is 11.4 Å². The van der Waals surface area contributed by atoms with Crippen LogP contribution >= 0.6 is 11.6 Å². The fraction of sp³-hybridized carbons (Fsp3) is 0.136. The molecule has 3 rings (SSSR count). The zero-order valence-electron chi connectivity index (χ0n) is 14.3. The molecule has 1 amide bonds. The number of amides is 1. The van der Waals surface area contributed by atoms with Crippen molar-refractivity contribution < 1.29 is 9.53 Å². The van der Waals surface area contributed by atoms with Crippen molar-refractivity contribution in [3.05, 3.63) is 95.0 Å². The number of carbonyl (C=O) groups is 1. The van der Waals surface area contributed by atoms with Crippen LogP contribution in [0.1, 0.15) is 17.5 Å². The number of halogens is 1. The molecule has 0 saturated carbocycles. The molecule has 3 aromatic rings. The van der Waals surface area contributed by atoms with Gasteiger partial charge in [-0.2, -0.15) is 0 Å². The highest BCUT2D eigenvalue weighted by Gasteiger charge is 2.10. The highest BCUT2D eigenvalue weighted by Crippen LogP contribution is 2.29. The summed E-state index contributed by atoms with van der Waals surface area (Å²) in [5.41, 5.74) is 2.78. The summed E-state index contributed by atoms with van der Waals surface area (Å²) in [6.07, 6.45) is 1.09. The zero-order valence-corrected chi connectivity index (χ0v) is 15.1. The molecule has 26 heavy (non-hydrogen) atoms. The van der Waals surface area contributed by atoms with Crippen molar-refractivity contribution in [1.29, 1.82) is 0 Å². The molecular formula is C22H20ClNO2. The van der Waals surface area contributed by atoms with E-state index >= 15 is 0 Å². The number of aryl methyl sites for hydroxylation is 1. The Kier molecular flexibility index (Phi) is 6.29. The fourth-order valence-electron chi connectivity index (χ4n) is 2.58. The molecule has 3 nitrogen and oxygen atoms in total. The molecule has 0 aliphatic carbocycles. The maximum Gasteiger partial charge on any atom is 0.224 e. The molecule has 0 saturated heterocycles. The standard InChI is InChI=1S/C22H20ClNO2/c23-19-12-13-21(26-16-18-9-5-2-6-10-18)20(15-19)24-22(25)14-11-17-7-3-1-4-8-17/h1-10,12-13,15H,11,14,16H2,(H,24,25). The van der Waals surface area contributed by atoms with Gasteiger partial charge in [-0.15, -0.1) is 0 Å². The molecule has 0 aromatic heterocycles. The van der Waals surface area contributed by atoms with E-state index in [-0.39, 0.29) is 5.91 Å². The van der Waals surface area contributed by atoms with E-state index in [1.54, 1.807) is 18.2 Å². The smallest absolute Gasteiger partial charge is 0.224 e. The molecule has 0 bridgehead atoms. The fourth-order valence-corrected chi connectivity index (χ4v) is 2.75. The quantitative estimate of drug-likeness (QED) is 0.601. The van der Waals surface area contributed by atoms with Crippen LogP contribution in [0.4, 0.5) is 5.69 Å². The monoisotopic (exact) mass is 365 g/mol. The normalized spacial score (nSPS) is 10.3.